The smallest absolute Gasteiger partial charge is 0.124 e. The van der Waals surface area contributed by atoms with Crippen LogP contribution in [0.1, 0.15) is 22.7 Å². The number of rotatable bonds is 4. The van der Waals surface area contributed by atoms with Gasteiger partial charge < -0.3 is 4.74 Å². The highest BCUT2D eigenvalue weighted by molar-refractivity contribution is 9.10. The molecule has 0 aliphatic heterocycles. The van der Waals surface area contributed by atoms with Crippen LogP contribution in [0.15, 0.2) is 40.9 Å². The predicted octanol–water partition coefficient (Wildman–Crippen LogP) is 3.97. The Kier molecular flexibility index (Phi) is 5.05. The summed E-state index contributed by atoms with van der Waals surface area (Å²) in [7, 11) is 1.63. The molecule has 2 rings (SSSR count). The van der Waals surface area contributed by atoms with Crippen molar-refractivity contribution in [1.82, 2.24) is 5.43 Å². The van der Waals surface area contributed by atoms with E-state index in [-0.39, 0.29) is 6.04 Å². The fraction of sp³-hybridized carbons (Fsp3) is 0.200. The van der Waals surface area contributed by atoms with E-state index in [1.807, 2.05) is 37.3 Å². The summed E-state index contributed by atoms with van der Waals surface area (Å²) in [5.74, 6) is 6.50. The third-order valence-electron chi connectivity index (χ3n) is 3.20. The van der Waals surface area contributed by atoms with Crippen molar-refractivity contribution in [3.63, 3.8) is 0 Å². The van der Waals surface area contributed by atoms with E-state index >= 15 is 0 Å². The number of aryl methyl sites for hydroxylation is 1. The van der Waals surface area contributed by atoms with E-state index in [2.05, 4.69) is 21.4 Å². The van der Waals surface area contributed by atoms with Gasteiger partial charge in [0.2, 0.25) is 0 Å². The molecule has 0 saturated carbocycles. The van der Waals surface area contributed by atoms with Crippen molar-refractivity contribution in [2.45, 2.75) is 13.0 Å². The van der Waals surface area contributed by atoms with E-state index in [0.717, 1.165) is 26.9 Å². The van der Waals surface area contributed by atoms with Gasteiger partial charge in [0.05, 0.1) is 13.2 Å². The van der Waals surface area contributed by atoms with Crippen LogP contribution in [0, 0.1) is 6.92 Å². The summed E-state index contributed by atoms with van der Waals surface area (Å²) < 4.78 is 6.42. The molecule has 0 heterocycles. The van der Waals surface area contributed by atoms with Gasteiger partial charge in [0.15, 0.2) is 0 Å². The molecular formula is C15H16BrClN2O. The second-order valence-electron chi connectivity index (χ2n) is 4.46. The van der Waals surface area contributed by atoms with Crippen molar-refractivity contribution in [1.29, 1.82) is 0 Å². The van der Waals surface area contributed by atoms with Crippen LogP contribution in [-0.2, 0) is 0 Å². The normalized spacial score (nSPS) is 12.2. The molecule has 0 spiro atoms. The van der Waals surface area contributed by atoms with Gasteiger partial charge in [-0.3, -0.25) is 5.84 Å². The summed E-state index contributed by atoms with van der Waals surface area (Å²) >= 11 is 9.71. The number of nitrogens with one attached hydrogen (secondary N) is 1. The number of nitrogens with two attached hydrogens (primary N) is 1. The number of hydrogen-bond donors (Lipinski definition) is 2. The third kappa shape index (κ3) is 2.99. The largest absolute Gasteiger partial charge is 0.496 e. The first-order valence-corrected chi connectivity index (χ1v) is 7.30. The minimum atomic E-state index is -0.210. The fourth-order valence-corrected chi connectivity index (χ4v) is 2.84. The van der Waals surface area contributed by atoms with Crippen molar-refractivity contribution in [2.75, 3.05) is 7.11 Å². The molecular weight excluding hydrogens is 340 g/mol. The highest BCUT2D eigenvalue weighted by atomic mass is 79.9. The lowest BCUT2D eigenvalue weighted by molar-refractivity contribution is 0.404. The van der Waals surface area contributed by atoms with Crippen molar-refractivity contribution >= 4 is 27.5 Å². The summed E-state index contributed by atoms with van der Waals surface area (Å²) in [5, 5.41) is 0.643. The zero-order valence-electron chi connectivity index (χ0n) is 11.3. The Morgan fingerprint density at radius 2 is 2.00 bits per heavy atom. The van der Waals surface area contributed by atoms with Crippen LogP contribution in [0.25, 0.3) is 0 Å². The van der Waals surface area contributed by atoms with Crippen molar-refractivity contribution in [3.8, 4) is 5.75 Å². The van der Waals surface area contributed by atoms with Crippen LogP contribution in [0.4, 0.5) is 0 Å². The molecule has 1 unspecified atom stereocenters. The van der Waals surface area contributed by atoms with Gasteiger partial charge in [-0.2, -0.15) is 0 Å². The first-order valence-electron chi connectivity index (χ1n) is 6.13. The summed E-state index contributed by atoms with van der Waals surface area (Å²) in [6.07, 6.45) is 0. The zero-order chi connectivity index (χ0) is 14.7. The Bertz CT molecular complexity index is 619. The Hall–Kier alpha value is -1.07. The van der Waals surface area contributed by atoms with Crippen molar-refractivity contribution in [3.05, 3.63) is 62.6 Å². The van der Waals surface area contributed by atoms with Crippen LogP contribution in [0.5, 0.6) is 5.75 Å². The number of hydrazine groups is 1. The number of halogens is 2. The molecule has 0 bridgehead atoms. The molecule has 1 atom stereocenters. The maximum atomic E-state index is 6.10. The lowest BCUT2D eigenvalue weighted by Crippen LogP contribution is -2.29. The quantitative estimate of drug-likeness (QED) is 0.644. The van der Waals surface area contributed by atoms with E-state index in [4.69, 9.17) is 22.2 Å². The Labute approximate surface area is 132 Å². The van der Waals surface area contributed by atoms with E-state index in [0.29, 0.717) is 5.02 Å². The predicted molar refractivity (Wildman–Crippen MR) is 86.0 cm³/mol. The highest BCUT2D eigenvalue weighted by Crippen LogP contribution is 2.35. The third-order valence-corrected chi connectivity index (χ3v) is 4.52. The summed E-state index contributed by atoms with van der Waals surface area (Å²) in [6, 6.07) is 11.3. The molecule has 3 nitrogen and oxygen atoms in total. The minimum absolute atomic E-state index is 0.210. The first-order chi connectivity index (χ1) is 9.58. The van der Waals surface area contributed by atoms with Crippen LogP contribution in [0.3, 0.4) is 0 Å². The molecule has 3 N–H and O–H groups in total. The fourth-order valence-electron chi connectivity index (χ4n) is 2.17. The van der Waals surface area contributed by atoms with Gasteiger partial charge in [0.1, 0.15) is 5.75 Å². The number of methoxy groups -OCH3 is 1. The lowest BCUT2D eigenvalue weighted by Gasteiger charge is -2.21. The molecule has 2 aromatic carbocycles. The molecule has 106 valence electrons. The summed E-state index contributed by atoms with van der Waals surface area (Å²) in [5.41, 5.74) is 5.91. The maximum absolute atomic E-state index is 6.10. The Morgan fingerprint density at radius 3 is 2.65 bits per heavy atom. The second-order valence-corrected chi connectivity index (χ2v) is 5.69. The molecule has 5 heteroatoms. The molecule has 0 aromatic heterocycles. The van der Waals surface area contributed by atoms with Gasteiger partial charge >= 0.3 is 0 Å². The lowest BCUT2D eigenvalue weighted by atomic mass is 9.97. The van der Waals surface area contributed by atoms with Gasteiger partial charge in [-0.25, -0.2) is 5.43 Å². The highest BCUT2D eigenvalue weighted by Gasteiger charge is 2.20. The maximum Gasteiger partial charge on any atom is 0.124 e. The van der Waals surface area contributed by atoms with Crippen molar-refractivity contribution < 1.29 is 4.74 Å². The minimum Gasteiger partial charge on any atom is -0.496 e. The summed E-state index contributed by atoms with van der Waals surface area (Å²) in [4.78, 5) is 0. The standard InChI is InChI=1S/C15H16BrClN2O/c1-9-4-3-5-11(14(9)16)15(19-18)12-8-10(17)6-7-13(12)20-2/h3-8,15,19H,18H2,1-2H3. The van der Waals surface area contributed by atoms with Gasteiger partial charge in [-0.1, -0.05) is 45.7 Å². The van der Waals surface area contributed by atoms with Crippen LogP contribution >= 0.6 is 27.5 Å². The second kappa shape index (κ2) is 6.59. The first kappa shape index (κ1) is 15.3. The van der Waals surface area contributed by atoms with E-state index in [1.54, 1.807) is 13.2 Å². The Balaban J connectivity index is 2.58. The van der Waals surface area contributed by atoms with Crippen LogP contribution in [0.2, 0.25) is 5.02 Å². The van der Waals surface area contributed by atoms with E-state index < -0.39 is 0 Å². The monoisotopic (exact) mass is 354 g/mol. The SMILES string of the molecule is COc1ccc(Cl)cc1C(NN)c1cccc(C)c1Br. The average molecular weight is 356 g/mol. The zero-order valence-corrected chi connectivity index (χ0v) is 13.6. The molecule has 0 saturated heterocycles. The van der Waals surface area contributed by atoms with Crippen molar-refractivity contribution in [2.24, 2.45) is 5.84 Å². The van der Waals surface area contributed by atoms with Gasteiger partial charge in [-0.05, 0) is 36.2 Å². The molecule has 20 heavy (non-hydrogen) atoms. The number of hydrogen-bond acceptors (Lipinski definition) is 3. The van der Waals surface area contributed by atoms with Gasteiger partial charge in [-0.15, -0.1) is 0 Å². The average Bonchev–Trinajstić information content (AvgIpc) is 2.44. The van der Waals surface area contributed by atoms with E-state index in [9.17, 15) is 0 Å². The Morgan fingerprint density at radius 1 is 1.25 bits per heavy atom. The topological polar surface area (TPSA) is 47.3 Å². The van der Waals surface area contributed by atoms with Crippen LogP contribution in [-0.4, -0.2) is 7.11 Å². The van der Waals surface area contributed by atoms with Crippen LogP contribution < -0.4 is 16.0 Å². The number of benzene rings is 2. The molecule has 0 aliphatic carbocycles. The summed E-state index contributed by atoms with van der Waals surface area (Å²) in [6.45, 7) is 2.04. The van der Waals surface area contributed by atoms with Gasteiger partial charge in [0, 0.05) is 15.1 Å². The van der Waals surface area contributed by atoms with Gasteiger partial charge in [0.25, 0.3) is 0 Å². The molecule has 0 amide bonds. The number of ether oxygens (including phenoxy) is 1. The molecule has 2 aromatic rings. The molecule has 0 fully saturated rings. The van der Waals surface area contributed by atoms with E-state index in [1.165, 1.54) is 0 Å². The molecule has 0 radical (unpaired) electrons. The molecule has 0 aliphatic rings.